The van der Waals surface area contributed by atoms with Crippen LogP contribution in [0.3, 0.4) is 0 Å². The number of piperidine rings is 2. The molecule has 0 radical (unpaired) electrons. The molecule has 0 saturated carbocycles. The molecule has 3 aliphatic heterocycles. The standard InChI is InChI=1S/C18H24N4O2/c23-17-13-7-6-8-14(16(13)15-9-2-5-12-22(15)17)19-18(24)20-21-10-3-1-4-11-21/h6-8,15H,1-5,9-12H2,(H2,19,20,24). The molecule has 1 aromatic carbocycles. The van der Waals surface area contributed by atoms with Gasteiger partial charge >= 0.3 is 6.03 Å². The molecule has 2 fully saturated rings. The third-order valence-electron chi connectivity index (χ3n) is 5.30. The number of hydrogen-bond acceptors (Lipinski definition) is 3. The maximum Gasteiger partial charge on any atom is 0.333 e. The molecule has 6 heteroatoms. The zero-order valence-electron chi connectivity index (χ0n) is 13.9. The van der Waals surface area contributed by atoms with Gasteiger partial charge in [0.05, 0.1) is 6.04 Å². The van der Waals surface area contributed by atoms with Crippen molar-refractivity contribution in [1.29, 1.82) is 0 Å². The average molecular weight is 328 g/mol. The summed E-state index contributed by atoms with van der Waals surface area (Å²) >= 11 is 0. The van der Waals surface area contributed by atoms with Gasteiger partial charge in [-0.1, -0.05) is 12.5 Å². The molecule has 24 heavy (non-hydrogen) atoms. The van der Waals surface area contributed by atoms with Gasteiger partial charge in [-0.05, 0) is 44.2 Å². The minimum absolute atomic E-state index is 0.106. The van der Waals surface area contributed by atoms with Gasteiger partial charge in [0.2, 0.25) is 0 Å². The molecule has 0 aliphatic carbocycles. The molecular weight excluding hydrogens is 304 g/mol. The summed E-state index contributed by atoms with van der Waals surface area (Å²) < 4.78 is 0. The molecule has 4 rings (SSSR count). The number of anilines is 1. The van der Waals surface area contributed by atoms with Crippen molar-refractivity contribution >= 4 is 17.6 Å². The Morgan fingerprint density at radius 1 is 1.04 bits per heavy atom. The van der Waals surface area contributed by atoms with Crippen molar-refractivity contribution in [3.05, 3.63) is 29.3 Å². The highest BCUT2D eigenvalue weighted by Crippen LogP contribution is 2.43. The van der Waals surface area contributed by atoms with E-state index < -0.39 is 0 Å². The first-order chi connectivity index (χ1) is 11.7. The summed E-state index contributed by atoms with van der Waals surface area (Å²) in [7, 11) is 0. The molecular formula is C18H24N4O2. The first kappa shape index (κ1) is 15.4. The number of urea groups is 1. The van der Waals surface area contributed by atoms with Gasteiger partial charge in [-0.25, -0.2) is 9.80 Å². The highest BCUT2D eigenvalue weighted by atomic mass is 16.2. The van der Waals surface area contributed by atoms with Crippen molar-refractivity contribution in [1.82, 2.24) is 15.3 Å². The van der Waals surface area contributed by atoms with Crippen LogP contribution in [0.25, 0.3) is 0 Å². The van der Waals surface area contributed by atoms with Gasteiger partial charge in [0.15, 0.2) is 0 Å². The Morgan fingerprint density at radius 3 is 2.67 bits per heavy atom. The van der Waals surface area contributed by atoms with Gasteiger partial charge in [-0.3, -0.25) is 10.2 Å². The van der Waals surface area contributed by atoms with Crippen LogP contribution in [0.5, 0.6) is 0 Å². The third-order valence-corrected chi connectivity index (χ3v) is 5.30. The van der Waals surface area contributed by atoms with Gasteiger partial charge in [0.25, 0.3) is 5.91 Å². The first-order valence-electron chi connectivity index (χ1n) is 9.00. The fourth-order valence-corrected chi connectivity index (χ4v) is 4.15. The molecule has 1 aromatic rings. The van der Waals surface area contributed by atoms with Gasteiger partial charge < -0.3 is 10.2 Å². The lowest BCUT2D eigenvalue weighted by Crippen LogP contribution is -2.46. The van der Waals surface area contributed by atoms with Crippen LogP contribution < -0.4 is 10.7 Å². The maximum atomic E-state index is 12.6. The highest BCUT2D eigenvalue weighted by molar-refractivity contribution is 6.02. The fourth-order valence-electron chi connectivity index (χ4n) is 4.15. The van der Waals surface area contributed by atoms with E-state index in [0.29, 0.717) is 0 Å². The summed E-state index contributed by atoms with van der Waals surface area (Å²) in [5.74, 6) is 0.106. The maximum absolute atomic E-state index is 12.6. The lowest BCUT2D eigenvalue weighted by atomic mass is 9.96. The molecule has 2 N–H and O–H groups in total. The highest BCUT2D eigenvalue weighted by Gasteiger charge is 2.39. The summed E-state index contributed by atoms with van der Waals surface area (Å²) in [6.45, 7) is 2.61. The zero-order chi connectivity index (χ0) is 16.5. The second-order valence-electron chi connectivity index (χ2n) is 6.89. The lowest BCUT2D eigenvalue weighted by molar-refractivity contribution is 0.0672. The van der Waals surface area contributed by atoms with Crippen LogP contribution in [0.15, 0.2) is 18.2 Å². The number of hydrogen-bond donors (Lipinski definition) is 2. The largest absolute Gasteiger partial charge is 0.333 e. The Morgan fingerprint density at radius 2 is 1.83 bits per heavy atom. The number of fused-ring (bicyclic) bond motifs is 3. The zero-order valence-corrected chi connectivity index (χ0v) is 13.9. The topological polar surface area (TPSA) is 64.7 Å². The fraction of sp³-hybridized carbons (Fsp3) is 0.556. The summed E-state index contributed by atoms with van der Waals surface area (Å²) in [6.07, 6.45) is 6.63. The average Bonchev–Trinajstić information content (AvgIpc) is 2.90. The molecule has 6 nitrogen and oxygen atoms in total. The first-order valence-corrected chi connectivity index (χ1v) is 9.00. The lowest BCUT2D eigenvalue weighted by Gasteiger charge is -2.31. The van der Waals surface area contributed by atoms with E-state index in [4.69, 9.17) is 0 Å². The van der Waals surface area contributed by atoms with Gasteiger partial charge in [-0.2, -0.15) is 0 Å². The molecule has 1 atom stereocenters. The van der Waals surface area contributed by atoms with E-state index >= 15 is 0 Å². The molecule has 0 spiro atoms. The summed E-state index contributed by atoms with van der Waals surface area (Å²) in [6, 6.07) is 5.54. The van der Waals surface area contributed by atoms with Crippen LogP contribution in [-0.2, 0) is 0 Å². The predicted octanol–water partition coefficient (Wildman–Crippen LogP) is 2.89. The van der Waals surface area contributed by atoms with Gasteiger partial charge in [-0.15, -0.1) is 0 Å². The van der Waals surface area contributed by atoms with E-state index in [1.54, 1.807) is 0 Å². The van der Waals surface area contributed by atoms with Crippen LogP contribution in [0, 0.1) is 0 Å². The van der Waals surface area contributed by atoms with Crippen LogP contribution >= 0.6 is 0 Å². The molecule has 3 heterocycles. The Hall–Kier alpha value is -2.08. The number of nitrogens with zero attached hydrogens (tertiary/aromatic N) is 2. The number of nitrogens with one attached hydrogen (secondary N) is 2. The molecule has 3 amide bonds. The number of carbonyl (C=O) groups is 2. The predicted molar refractivity (Wildman–Crippen MR) is 91.6 cm³/mol. The number of hydrazine groups is 1. The van der Waals surface area contributed by atoms with Crippen LogP contribution in [-0.4, -0.2) is 41.5 Å². The van der Waals surface area contributed by atoms with E-state index in [1.807, 2.05) is 28.1 Å². The van der Waals surface area contributed by atoms with Crippen molar-refractivity contribution in [2.24, 2.45) is 0 Å². The van der Waals surface area contributed by atoms with Crippen LogP contribution in [0.1, 0.15) is 60.5 Å². The SMILES string of the molecule is O=C(Nc1cccc2c1C1CCCCN1C2=O)NN1CCCCC1. The van der Waals surface area contributed by atoms with E-state index in [2.05, 4.69) is 10.7 Å². The number of rotatable bonds is 2. The smallest absolute Gasteiger partial charge is 0.331 e. The quantitative estimate of drug-likeness (QED) is 0.877. The van der Waals surface area contributed by atoms with Crippen molar-refractivity contribution in [2.75, 3.05) is 25.0 Å². The van der Waals surface area contributed by atoms with Gasteiger partial charge in [0, 0.05) is 36.4 Å². The van der Waals surface area contributed by atoms with Gasteiger partial charge in [0.1, 0.15) is 0 Å². The number of benzene rings is 1. The van der Waals surface area contributed by atoms with Crippen molar-refractivity contribution in [3.63, 3.8) is 0 Å². The monoisotopic (exact) mass is 328 g/mol. The second-order valence-corrected chi connectivity index (χ2v) is 6.89. The number of carbonyl (C=O) groups excluding carboxylic acids is 2. The van der Waals surface area contributed by atoms with E-state index in [1.165, 1.54) is 6.42 Å². The van der Waals surface area contributed by atoms with E-state index in [-0.39, 0.29) is 18.0 Å². The Kier molecular flexibility index (Phi) is 4.14. The van der Waals surface area contributed by atoms with Crippen LogP contribution in [0.2, 0.25) is 0 Å². The molecule has 0 bridgehead atoms. The molecule has 0 aromatic heterocycles. The Labute approximate surface area is 142 Å². The minimum Gasteiger partial charge on any atom is -0.331 e. The molecule has 1 unspecified atom stereocenters. The summed E-state index contributed by atoms with van der Waals surface area (Å²) in [5.41, 5.74) is 5.44. The molecule has 128 valence electrons. The Balaban J connectivity index is 1.52. The number of amides is 3. The third kappa shape index (κ3) is 2.75. The molecule has 3 aliphatic rings. The van der Waals surface area contributed by atoms with E-state index in [0.717, 1.165) is 68.6 Å². The van der Waals surface area contributed by atoms with Crippen molar-refractivity contribution < 1.29 is 9.59 Å². The van der Waals surface area contributed by atoms with Crippen molar-refractivity contribution in [3.8, 4) is 0 Å². The van der Waals surface area contributed by atoms with Crippen LogP contribution in [0.4, 0.5) is 10.5 Å². The normalized spacial score (nSPS) is 23.6. The Bertz CT molecular complexity index is 654. The second kappa shape index (κ2) is 6.43. The molecule has 2 saturated heterocycles. The van der Waals surface area contributed by atoms with E-state index in [9.17, 15) is 9.59 Å². The minimum atomic E-state index is -0.216. The summed E-state index contributed by atoms with van der Waals surface area (Å²) in [5, 5.41) is 4.94. The summed E-state index contributed by atoms with van der Waals surface area (Å²) in [4.78, 5) is 26.9. The van der Waals surface area contributed by atoms with Crippen molar-refractivity contribution in [2.45, 2.75) is 44.6 Å².